The average molecular weight is 349 g/mol. The summed E-state index contributed by atoms with van der Waals surface area (Å²) in [6.45, 7) is 0.676. The number of ether oxygens (including phenoxy) is 1. The summed E-state index contributed by atoms with van der Waals surface area (Å²) in [6, 6.07) is 10.0. The predicted octanol–water partition coefficient (Wildman–Crippen LogP) is 3.52. The van der Waals surface area contributed by atoms with Crippen LogP contribution >= 0.6 is 11.3 Å². The number of methoxy groups -OCH3 is 1. The molecular formula is C18H15N5OS. The molecule has 0 spiro atoms. The largest absolute Gasteiger partial charge is 0.479 e. The maximum Gasteiger partial charge on any atom is 0.240 e. The number of thiazole rings is 1. The Labute approximate surface area is 148 Å². The van der Waals surface area contributed by atoms with Gasteiger partial charge in [0.15, 0.2) is 0 Å². The number of nitrogens with zero attached hydrogens (tertiary/aromatic N) is 5. The van der Waals surface area contributed by atoms with Crippen LogP contribution in [-0.2, 0) is 6.54 Å². The fourth-order valence-electron chi connectivity index (χ4n) is 2.57. The first-order valence-electron chi connectivity index (χ1n) is 7.71. The molecule has 0 radical (unpaired) electrons. The van der Waals surface area contributed by atoms with Crippen molar-refractivity contribution in [3.8, 4) is 28.4 Å². The molecule has 6 nitrogen and oxygen atoms in total. The predicted molar refractivity (Wildman–Crippen MR) is 96.5 cm³/mol. The van der Waals surface area contributed by atoms with Crippen LogP contribution in [0, 0.1) is 0 Å². The zero-order valence-electron chi connectivity index (χ0n) is 13.5. The van der Waals surface area contributed by atoms with Crippen LogP contribution in [0.2, 0.25) is 0 Å². The monoisotopic (exact) mass is 349 g/mol. The van der Waals surface area contributed by atoms with Crippen LogP contribution in [0.5, 0.6) is 5.88 Å². The van der Waals surface area contributed by atoms with Crippen LogP contribution in [0.25, 0.3) is 22.5 Å². The first-order chi connectivity index (χ1) is 12.3. The smallest absolute Gasteiger partial charge is 0.240 e. The van der Waals surface area contributed by atoms with E-state index in [0.717, 1.165) is 21.8 Å². The van der Waals surface area contributed by atoms with Gasteiger partial charge in [0.25, 0.3) is 0 Å². The van der Waals surface area contributed by atoms with Gasteiger partial charge in [-0.1, -0.05) is 18.2 Å². The van der Waals surface area contributed by atoms with Gasteiger partial charge in [0.2, 0.25) is 5.88 Å². The molecule has 3 aromatic heterocycles. The molecule has 0 saturated heterocycles. The van der Waals surface area contributed by atoms with E-state index in [-0.39, 0.29) is 0 Å². The second kappa shape index (κ2) is 6.82. The lowest BCUT2D eigenvalue weighted by molar-refractivity contribution is 0.398. The van der Waals surface area contributed by atoms with Gasteiger partial charge in [-0.05, 0) is 12.1 Å². The highest BCUT2D eigenvalue weighted by molar-refractivity contribution is 7.09. The highest BCUT2D eigenvalue weighted by Crippen LogP contribution is 2.28. The number of hydrogen-bond donors (Lipinski definition) is 0. The second-order valence-corrected chi connectivity index (χ2v) is 6.30. The maximum absolute atomic E-state index is 5.31. The topological polar surface area (TPSA) is 65.7 Å². The van der Waals surface area contributed by atoms with Gasteiger partial charge in [0, 0.05) is 41.3 Å². The Balaban J connectivity index is 1.65. The van der Waals surface area contributed by atoms with E-state index in [9.17, 15) is 0 Å². The van der Waals surface area contributed by atoms with Crippen LogP contribution in [-0.4, -0.2) is 31.8 Å². The summed E-state index contributed by atoms with van der Waals surface area (Å²) >= 11 is 1.63. The van der Waals surface area contributed by atoms with Crippen molar-refractivity contribution in [3.05, 3.63) is 65.5 Å². The van der Waals surface area contributed by atoms with Crippen molar-refractivity contribution in [3.63, 3.8) is 0 Å². The van der Waals surface area contributed by atoms with Crippen molar-refractivity contribution in [2.24, 2.45) is 0 Å². The van der Waals surface area contributed by atoms with Crippen LogP contribution < -0.4 is 4.74 Å². The van der Waals surface area contributed by atoms with Crippen LogP contribution in [0.1, 0.15) is 5.01 Å². The minimum Gasteiger partial charge on any atom is -0.479 e. The van der Waals surface area contributed by atoms with Crippen molar-refractivity contribution >= 4 is 11.3 Å². The molecule has 0 aliphatic heterocycles. The van der Waals surface area contributed by atoms with E-state index >= 15 is 0 Å². The zero-order chi connectivity index (χ0) is 17.1. The van der Waals surface area contributed by atoms with Crippen molar-refractivity contribution in [2.45, 2.75) is 6.54 Å². The summed E-state index contributed by atoms with van der Waals surface area (Å²) in [5.74, 6) is 0.508. The zero-order valence-corrected chi connectivity index (χ0v) is 14.3. The molecular weight excluding hydrogens is 334 g/mol. The van der Waals surface area contributed by atoms with Gasteiger partial charge < -0.3 is 4.74 Å². The van der Waals surface area contributed by atoms with Crippen molar-refractivity contribution in [2.75, 3.05) is 7.11 Å². The van der Waals surface area contributed by atoms with Gasteiger partial charge in [-0.25, -0.2) is 15.0 Å². The summed E-state index contributed by atoms with van der Waals surface area (Å²) in [7, 11) is 1.59. The van der Waals surface area contributed by atoms with E-state index in [4.69, 9.17) is 4.74 Å². The van der Waals surface area contributed by atoms with Crippen LogP contribution in [0.4, 0.5) is 0 Å². The first-order valence-corrected chi connectivity index (χ1v) is 8.59. The third-order valence-corrected chi connectivity index (χ3v) is 4.48. The van der Waals surface area contributed by atoms with E-state index in [0.29, 0.717) is 18.1 Å². The number of benzene rings is 1. The minimum absolute atomic E-state index is 0.508. The van der Waals surface area contributed by atoms with E-state index in [1.165, 1.54) is 0 Å². The van der Waals surface area contributed by atoms with Gasteiger partial charge in [-0.2, -0.15) is 5.10 Å². The van der Waals surface area contributed by atoms with Gasteiger partial charge >= 0.3 is 0 Å². The lowest BCUT2D eigenvalue weighted by Crippen LogP contribution is -1.99. The number of hydrogen-bond acceptors (Lipinski definition) is 6. The Morgan fingerprint density at radius 1 is 1.04 bits per heavy atom. The molecule has 4 rings (SSSR count). The molecule has 4 aromatic rings. The van der Waals surface area contributed by atoms with Gasteiger partial charge in [0.05, 0.1) is 19.3 Å². The van der Waals surface area contributed by atoms with Crippen molar-refractivity contribution in [1.29, 1.82) is 0 Å². The highest BCUT2D eigenvalue weighted by atomic mass is 32.1. The lowest BCUT2D eigenvalue weighted by atomic mass is 10.1. The van der Waals surface area contributed by atoms with Crippen molar-refractivity contribution in [1.82, 2.24) is 24.7 Å². The van der Waals surface area contributed by atoms with Gasteiger partial charge in [0.1, 0.15) is 10.7 Å². The summed E-state index contributed by atoms with van der Waals surface area (Å²) in [6.07, 6.45) is 7.05. The van der Waals surface area contributed by atoms with Gasteiger partial charge in [-0.15, -0.1) is 11.3 Å². The van der Waals surface area contributed by atoms with E-state index in [1.807, 2.05) is 52.8 Å². The molecule has 1 aromatic carbocycles. The van der Waals surface area contributed by atoms with Crippen LogP contribution in [0.15, 0.2) is 60.5 Å². The maximum atomic E-state index is 5.31. The standard InChI is InChI=1S/C18H15N5OS/c1-24-18-17(20-6-7-21-18)14-4-2-3-13(11-14)15-5-9-23(22-15)12-16-19-8-10-25-16/h2-11H,12H2,1H3. The third-order valence-electron chi connectivity index (χ3n) is 3.71. The minimum atomic E-state index is 0.508. The first kappa shape index (κ1) is 15.5. The Bertz CT molecular complexity index is 981. The fourth-order valence-corrected chi connectivity index (χ4v) is 3.18. The summed E-state index contributed by atoms with van der Waals surface area (Å²) < 4.78 is 7.20. The summed E-state index contributed by atoms with van der Waals surface area (Å²) in [5, 5.41) is 7.65. The second-order valence-electron chi connectivity index (χ2n) is 5.32. The molecule has 0 amide bonds. The Morgan fingerprint density at radius 3 is 2.76 bits per heavy atom. The summed E-state index contributed by atoms with van der Waals surface area (Å²) in [5.41, 5.74) is 3.58. The van der Waals surface area contributed by atoms with E-state index in [2.05, 4.69) is 20.1 Å². The van der Waals surface area contributed by atoms with Crippen LogP contribution in [0.3, 0.4) is 0 Å². The normalized spacial score (nSPS) is 10.8. The molecule has 3 heterocycles. The Hall–Kier alpha value is -3.06. The molecule has 7 heteroatoms. The third kappa shape index (κ3) is 3.27. The van der Waals surface area contributed by atoms with Gasteiger partial charge in [-0.3, -0.25) is 4.68 Å². The molecule has 124 valence electrons. The molecule has 0 aliphatic carbocycles. The molecule has 0 N–H and O–H groups in total. The molecule has 0 atom stereocenters. The highest BCUT2D eigenvalue weighted by Gasteiger charge is 2.10. The molecule has 0 bridgehead atoms. The Morgan fingerprint density at radius 2 is 1.92 bits per heavy atom. The molecule has 0 saturated carbocycles. The quantitative estimate of drug-likeness (QED) is 0.551. The number of aromatic nitrogens is 5. The average Bonchev–Trinajstić information content (AvgIpc) is 3.34. The van der Waals surface area contributed by atoms with E-state index < -0.39 is 0 Å². The summed E-state index contributed by atoms with van der Waals surface area (Å²) in [4.78, 5) is 12.9. The SMILES string of the molecule is COc1nccnc1-c1cccc(-c2ccn(Cc3nccs3)n2)c1. The molecule has 0 fully saturated rings. The Kier molecular flexibility index (Phi) is 4.22. The van der Waals surface area contributed by atoms with E-state index in [1.54, 1.807) is 30.8 Å². The number of rotatable bonds is 5. The molecule has 0 aliphatic rings. The molecule has 25 heavy (non-hydrogen) atoms. The van der Waals surface area contributed by atoms with Crippen molar-refractivity contribution < 1.29 is 4.74 Å². The lowest BCUT2D eigenvalue weighted by Gasteiger charge is -2.07. The molecule has 0 unspecified atom stereocenters. The fraction of sp³-hybridized carbons (Fsp3) is 0.111.